The Morgan fingerprint density at radius 3 is 2.67 bits per heavy atom. The summed E-state index contributed by atoms with van der Waals surface area (Å²) in [6, 6.07) is 7.97. The molecule has 6 nitrogen and oxygen atoms in total. The molecule has 0 aliphatic carbocycles. The number of aromatic nitrogens is 3. The number of rotatable bonds is 1. The number of carbonyl (C=O) groups excluding carboxylic acids is 1. The number of hydrogen-bond acceptors (Lipinski definition) is 4. The van der Waals surface area contributed by atoms with Crippen LogP contribution in [0.25, 0.3) is 22.2 Å². The molecule has 4 rings (SSSR count). The molecule has 6 heteroatoms. The smallest absolute Gasteiger partial charge is 0.269 e. The van der Waals surface area contributed by atoms with E-state index in [1.807, 2.05) is 30.5 Å². The molecule has 0 fully saturated rings. The summed E-state index contributed by atoms with van der Waals surface area (Å²) < 4.78 is 0. The Morgan fingerprint density at radius 2 is 1.96 bits per heavy atom. The van der Waals surface area contributed by atoms with Gasteiger partial charge in [-0.15, -0.1) is 10.2 Å². The van der Waals surface area contributed by atoms with E-state index < -0.39 is 5.91 Å². The number of nitrogens with one attached hydrogen (secondary N) is 2. The quantitative estimate of drug-likeness (QED) is 0.641. The monoisotopic (exact) mass is 321 g/mol. The van der Waals surface area contributed by atoms with Gasteiger partial charge in [0.2, 0.25) is 0 Å². The van der Waals surface area contributed by atoms with Gasteiger partial charge in [0.1, 0.15) is 0 Å². The third-order valence-electron chi connectivity index (χ3n) is 4.53. The summed E-state index contributed by atoms with van der Waals surface area (Å²) in [7, 11) is 0. The van der Waals surface area contributed by atoms with Crippen LogP contribution in [0.4, 0.5) is 5.69 Å². The van der Waals surface area contributed by atoms with E-state index in [9.17, 15) is 4.79 Å². The van der Waals surface area contributed by atoms with Gasteiger partial charge in [-0.2, -0.15) is 0 Å². The Bertz CT molecular complexity index is 967. The van der Waals surface area contributed by atoms with Crippen LogP contribution in [0.3, 0.4) is 0 Å². The van der Waals surface area contributed by atoms with Crippen LogP contribution < -0.4 is 11.1 Å². The Kier molecular flexibility index (Phi) is 2.94. The van der Waals surface area contributed by atoms with E-state index >= 15 is 0 Å². The lowest BCUT2D eigenvalue weighted by molar-refractivity contribution is 0.0995. The van der Waals surface area contributed by atoms with Gasteiger partial charge in [0.25, 0.3) is 5.91 Å². The molecule has 0 saturated carbocycles. The van der Waals surface area contributed by atoms with Crippen molar-refractivity contribution in [1.29, 1.82) is 0 Å². The third-order valence-corrected chi connectivity index (χ3v) is 4.53. The molecule has 0 spiro atoms. The van der Waals surface area contributed by atoms with Gasteiger partial charge in [-0.3, -0.25) is 4.79 Å². The number of para-hydroxylation sites is 1. The summed E-state index contributed by atoms with van der Waals surface area (Å²) in [6.45, 7) is 6.54. The van der Waals surface area contributed by atoms with Gasteiger partial charge >= 0.3 is 0 Å². The Hall–Kier alpha value is -2.89. The molecular formula is C18H19N5O. The van der Waals surface area contributed by atoms with Crippen molar-refractivity contribution < 1.29 is 4.79 Å². The molecule has 1 unspecified atom stereocenters. The minimum absolute atomic E-state index is 0.0417. The molecule has 1 aromatic carbocycles. The molecule has 0 radical (unpaired) electrons. The topological polar surface area (TPSA) is 96.7 Å². The minimum Gasteiger partial charge on any atom is -0.377 e. The Morgan fingerprint density at radius 1 is 1.21 bits per heavy atom. The first-order valence-electron chi connectivity index (χ1n) is 7.91. The van der Waals surface area contributed by atoms with Gasteiger partial charge in [0.05, 0.1) is 6.04 Å². The number of nitrogens with two attached hydrogens (primary N) is 1. The lowest BCUT2D eigenvalue weighted by Crippen LogP contribution is -2.25. The van der Waals surface area contributed by atoms with E-state index in [1.165, 1.54) is 0 Å². The number of hydrogen-bond donors (Lipinski definition) is 3. The molecule has 4 N–H and O–H groups in total. The summed E-state index contributed by atoms with van der Waals surface area (Å²) in [5, 5.41) is 12.8. The zero-order valence-corrected chi connectivity index (χ0v) is 13.8. The first kappa shape index (κ1) is 14.7. The van der Waals surface area contributed by atoms with E-state index in [0.717, 1.165) is 27.8 Å². The lowest BCUT2D eigenvalue weighted by Gasteiger charge is -2.31. The van der Waals surface area contributed by atoms with Crippen molar-refractivity contribution in [3.8, 4) is 11.1 Å². The number of nitrogens with zero attached hydrogens (tertiary/aromatic N) is 2. The van der Waals surface area contributed by atoms with Crippen molar-refractivity contribution in [2.45, 2.75) is 26.8 Å². The van der Waals surface area contributed by atoms with E-state index in [0.29, 0.717) is 5.65 Å². The maximum atomic E-state index is 12.0. The third kappa shape index (κ3) is 1.99. The second-order valence-electron chi connectivity index (χ2n) is 7.24. The zero-order chi connectivity index (χ0) is 17.1. The summed E-state index contributed by atoms with van der Waals surface area (Å²) in [4.78, 5) is 15.2. The highest BCUT2D eigenvalue weighted by Crippen LogP contribution is 2.47. The second-order valence-corrected chi connectivity index (χ2v) is 7.24. The Balaban J connectivity index is 2.18. The predicted molar refractivity (Wildman–Crippen MR) is 93.7 cm³/mol. The lowest BCUT2D eigenvalue weighted by atomic mass is 9.82. The number of fused-ring (bicyclic) bond motifs is 2. The van der Waals surface area contributed by atoms with Crippen molar-refractivity contribution >= 4 is 22.6 Å². The number of amides is 1. The molecule has 1 aliphatic heterocycles. The average molecular weight is 321 g/mol. The van der Waals surface area contributed by atoms with Crippen LogP contribution >= 0.6 is 0 Å². The number of H-pyrrole nitrogens is 1. The fourth-order valence-electron chi connectivity index (χ4n) is 3.44. The van der Waals surface area contributed by atoms with E-state index in [4.69, 9.17) is 5.73 Å². The van der Waals surface area contributed by atoms with Crippen molar-refractivity contribution in [2.75, 3.05) is 5.32 Å². The normalized spacial score (nSPS) is 16.4. The van der Waals surface area contributed by atoms with Crippen LogP contribution in [-0.4, -0.2) is 21.1 Å². The number of anilines is 1. The standard InChI is InChI=1S/C18H19N5O/c1-18(2,3)15-10-8-20-17-13(10)12(14(16(19)24)22-23-17)9-6-4-5-7-11(9)21-15/h4-8,15,21H,1-3H3,(H2,19,24)(H,20,23). The van der Waals surface area contributed by atoms with Gasteiger partial charge in [-0.25, -0.2) is 0 Å². The molecule has 1 atom stereocenters. The summed E-state index contributed by atoms with van der Waals surface area (Å²) in [5.41, 5.74) is 10.1. The van der Waals surface area contributed by atoms with Crippen molar-refractivity contribution in [2.24, 2.45) is 11.1 Å². The largest absolute Gasteiger partial charge is 0.377 e. The maximum Gasteiger partial charge on any atom is 0.269 e. The van der Waals surface area contributed by atoms with Crippen LogP contribution in [-0.2, 0) is 0 Å². The fraction of sp³-hybridized carbons (Fsp3) is 0.278. The van der Waals surface area contributed by atoms with Crippen LogP contribution in [0.1, 0.15) is 42.9 Å². The molecule has 1 amide bonds. The predicted octanol–water partition coefficient (Wildman–Crippen LogP) is 3.24. The van der Waals surface area contributed by atoms with Crippen LogP contribution in [0.5, 0.6) is 0 Å². The molecule has 0 bridgehead atoms. The first-order chi connectivity index (χ1) is 11.4. The van der Waals surface area contributed by atoms with Crippen LogP contribution in [0.15, 0.2) is 30.5 Å². The van der Waals surface area contributed by atoms with Gasteiger partial charge in [-0.1, -0.05) is 39.0 Å². The SMILES string of the molecule is CC(C)(C)C1Nc2ccccc2-c2c(C(N)=O)nnc3[nH]cc1c23. The number of carbonyl (C=O) groups is 1. The van der Waals surface area contributed by atoms with Gasteiger partial charge < -0.3 is 16.0 Å². The van der Waals surface area contributed by atoms with Crippen LogP contribution in [0, 0.1) is 5.41 Å². The van der Waals surface area contributed by atoms with E-state index in [1.54, 1.807) is 0 Å². The molecule has 3 heterocycles. The molecular weight excluding hydrogens is 302 g/mol. The van der Waals surface area contributed by atoms with Crippen molar-refractivity contribution in [3.05, 3.63) is 41.7 Å². The average Bonchev–Trinajstić information content (AvgIpc) is 2.87. The molecule has 2 aromatic heterocycles. The van der Waals surface area contributed by atoms with Gasteiger partial charge in [0.15, 0.2) is 11.3 Å². The zero-order valence-electron chi connectivity index (χ0n) is 13.8. The molecule has 3 aromatic rings. The highest BCUT2D eigenvalue weighted by atomic mass is 16.1. The maximum absolute atomic E-state index is 12.0. The molecule has 0 saturated heterocycles. The van der Waals surface area contributed by atoms with Crippen molar-refractivity contribution in [1.82, 2.24) is 15.2 Å². The van der Waals surface area contributed by atoms with Gasteiger partial charge in [0, 0.05) is 34.0 Å². The van der Waals surface area contributed by atoms with Gasteiger partial charge in [-0.05, 0) is 11.5 Å². The number of aromatic amines is 1. The van der Waals surface area contributed by atoms with E-state index in [2.05, 4.69) is 41.3 Å². The summed E-state index contributed by atoms with van der Waals surface area (Å²) in [6.07, 6.45) is 1.95. The van der Waals surface area contributed by atoms with E-state index in [-0.39, 0.29) is 17.2 Å². The molecule has 122 valence electrons. The minimum atomic E-state index is -0.574. The molecule has 1 aliphatic rings. The molecule has 24 heavy (non-hydrogen) atoms. The highest BCUT2D eigenvalue weighted by molar-refractivity contribution is 6.10. The van der Waals surface area contributed by atoms with Crippen molar-refractivity contribution in [3.63, 3.8) is 0 Å². The number of benzene rings is 1. The van der Waals surface area contributed by atoms with Crippen LogP contribution in [0.2, 0.25) is 0 Å². The summed E-state index contributed by atoms with van der Waals surface area (Å²) in [5.74, 6) is -0.574. The number of primary amides is 1. The first-order valence-corrected chi connectivity index (χ1v) is 7.91. The highest BCUT2D eigenvalue weighted by Gasteiger charge is 2.34. The fourth-order valence-corrected chi connectivity index (χ4v) is 3.44. The summed E-state index contributed by atoms with van der Waals surface area (Å²) >= 11 is 0. The second kappa shape index (κ2) is 4.80. The Labute approximate surface area is 139 Å².